The van der Waals surface area contributed by atoms with E-state index in [1.54, 1.807) is 0 Å². The van der Waals surface area contributed by atoms with E-state index in [2.05, 4.69) is 85.1 Å². The van der Waals surface area contributed by atoms with Gasteiger partial charge in [0, 0.05) is 8.59 Å². The Morgan fingerprint density at radius 2 is 1.70 bits per heavy atom. The molecule has 0 spiro atoms. The highest BCUT2D eigenvalue weighted by Gasteiger charge is 2.17. The van der Waals surface area contributed by atoms with Crippen molar-refractivity contribution >= 4 is 34.2 Å². The molecule has 0 saturated heterocycles. The molecule has 0 heterocycles. The Morgan fingerprint density at radius 3 is 2.30 bits per heavy atom. The maximum absolute atomic E-state index is 6.47. The first-order valence-electron chi connectivity index (χ1n) is 6.78. The van der Waals surface area contributed by atoms with Crippen LogP contribution in [-0.4, -0.2) is 6.54 Å². The van der Waals surface area contributed by atoms with Crippen LogP contribution in [0.1, 0.15) is 35.2 Å². The van der Waals surface area contributed by atoms with E-state index < -0.39 is 0 Å². The fourth-order valence-electron chi connectivity index (χ4n) is 2.29. The van der Waals surface area contributed by atoms with Crippen LogP contribution in [0, 0.1) is 17.4 Å². The van der Waals surface area contributed by atoms with Gasteiger partial charge in [-0.15, -0.1) is 0 Å². The maximum atomic E-state index is 6.47. The van der Waals surface area contributed by atoms with Gasteiger partial charge >= 0.3 is 0 Å². The van der Waals surface area contributed by atoms with Crippen molar-refractivity contribution in [2.75, 3.05) is 6.54 Å². The van der Waals surface area contributed by atoms with Crippen LogP contribution in [0.5, 0.6) is 0 Å². The molecule has 3 heteroatoms. The SMILES string of the molecule is CCNC(c1ccc(I)cc1)c1cc(C)c(C)cc1Cl. The lowest BCUT2D eigenvalue weighted by Crippen LogP contribution is -2.22. The molecule has 0 aliphatic rings. The van der Waals surface area contributed by atoms with Crippen molar-refractivity contribution in [1.82, 2.24) is 5.32 Å². The highest BCUT2D eigenvalue weighted by molar-refractivity contribution is 14.1. The average Bonchev–Trinajstić information content (AvgIpc) is 2.42. The van der Waals surface area contributed by atoms with Crippen molar-refractivity contribution in [3.63, 3.8) is 0 Å². The predicted molar refractivity (Wildman–Crippen MR) is 95.6 cm³/mol. The van der Waals surface area contributed by atoms with Gasteiger partial charge in [0.1, 0.15) is 0 Å². The van der Waals surface area contributed by atoms with E-state index in [0.717, 1.165) is 17.1 Å². The molecule has 106 valence electrons. The fraction of sp³-hybridized carbons (Fsp3) is 0.294. The Balaban J connectivity index is 2.48. The summed E-state index contributed by atoms with van der Waals surface area (Å²) < 4.78 is 1.24. The van der Waals surface area contributed by atoms with Crippen molar-refractivity contribution in [2.45, 2.75) is 26.8 Å². The highest BCUT2D eigenvalue weighted by Crippen LogP contribution is 2.31. The molecule has 0 fully saturated rings. The van der Waals surface area contributed by atoms with E-state index >= 15 is 0 Å². The molecule has 0 radical (unpaired) electrons. The van der Waals surface area contributed by atoms with Crippen molar-refractivity contribution in [1.29, 1.82) is 0 Å². The second kappa shape index (κ2) is 6.92. The van der Waals surface area contributed by atoms with Crippen LogP contribution in [-0.2, 0) is 0 Å². The summed E-state index contributed by atoms with van der Waals surface area (Å²) in [6, 6.07) is 13.0. The normalized spacial score (nSPS) is 12.4. The number of hydrogen-bond acceptors (Lipinski definition) is 1. The second-order valence-corrected chi connectivity index (χ2v) is 6.65. The van der Waals surface area contributed by atoms with Crippen LogP contribution >= 0.6 is 34.2 Å². The molecule has 0 aliphatic carbocycles. The molecule has 0 bridgehead atoms. The van der Waals surface area contributed by atoms with Crippen LogP contribution in [0.3, 0.4) is 0 Å². The van der Waals surface area contributed by atoms with E-state index in [0.29, 0.717) is 0 Å². The Labute approximate surface area is 139 Å². The van der Waals surface area contributed by atoms with Crippen LogP contribution in [0.25, 0.3) is 0 Å². The largest absolute Gasteiger partial charge is 0.306 e. The molecule has 2 rings (SSSR count). The van der Waals surface area contributed by atoms with Gasteiger partial charge < -0.3 is 5.32 Å². The first-order valence-corrected chi connectivity index (χ1v) is 8.24. The third-order valence-corrected chi connectivity index (χ3v) is 4.58. The first-order chi connectivity index (χ1) is 9.52. The molecule has 20 heavy (non-hydrogen) atoms. The standard InChI is InChI=1S/C17H19ClIN/c1-4-20-17(13-5-7-14(19)8-6-13)15-9-11(2)12(3)10-16(15)18/h5-10,17,20H,4H2,1-3H3. The summed E-state index contributed by atoms with van der Waals surface area (Å²) in [5.74, 6) is 0. The summed E-state index contributed by atoms with van der Waals surface area (Å²) >= 11 is 8.80. The number of aryl methyl sites for hydroxylation is 2. The predicted octanol–water partition coefficient (Wildman–Crippen LogP) is 5.26. The minimum Gasteiger partial charge on any atom is -0.306 e. The Bertz CT molecular complexity index is 593. The highest BCUT2D eigenvalue weighted by atomic mass is 127. The molecule has 1 nitrogen and oxygen atoms in total. The maximum Gasteiger partial charge on any atom is 0.0591 e. The van der Waals surface area contributed by atoms with E-state index in [4.69, 9.17) is 11.6 Å². The first kappa shape index (κ1) is 15.8. The number of rotatable bonds is 4. The molecule has 2 aromatic carbocycles. The number of halogens is 2. The number of hydrogen-bond donors (Lipinski definition) is 1. The zero-order valence-electron chi connectivity index (χ0n) is 12.0. The van der Waals surface area contributed by atoms with Gasteiger partial charge in [-0.2, -0.15) is 0 Å². The number of nitrogens with one attached hydrogen (secondary N) is 1. The van der Waals surface area contributed by atoms with Crippen molar-refractivity contribution < 1.29 is 0 Å². The van der Waals surface area contributed by atoms with Crippen molar-refractivity contribution in [2.24, 2.45) is 0 Å². The zero-order chi connectivity index (χ0) is 14.7. The molecule has 2 aromatic rings. The van der Waals surface area contributed by atoms with Gasteiger partial charge in [0.25, 0.3) is 0 Å². The van der Waals surface area contributed by atoms with E-state index in [1.165, 1.54) is 20.3 Å². The summed E-state index contributed by atoms with van der Waals surface area (Å²) in [6.45, 7) is 7.25. The molecule has 0 amide bonds. The Kier molecular flexibility index (Phi) is 5.47. The lowest BCUT2D eigenvalue weighted by Gasteiger charge is -2.21. The molecule has 0 aromatic heterocycles. The monoisotopic (exact) mass is 399 g/mol. The summed E-state index contributed by atoms with van der Waals surface area (Å²) in [5.41, 5.74) is 4.91. The van der Waals surface area contributed by atoms with Gasteiger partial charge in [-0.3, -0.25) is 0 Å². The molecule has 0 saturated carbocycles. The fourth-order valence-corrected chi connectivity index (χ4v) is 2.98. The van der Waals surface area contributed by atoms with Gasteiger partial charge in [0.05, 0.1) is 6.04 Å². The lowest BCUT2D eigenvalue weighted by molar-refractivity contribution is 0.630. The molecule has 1 unspecified atom stereocenters. The minimum atomic E-state index is 0.142. The summed E-state index contributed by atoms with van der Waals surface area (Å²) in [6.07, 6.45) is 0. The minimum absolute atomic E-state index is 0.142. The topological polar surface area (TPSA) is 12.0 Å². The van der Waals surface area contributed by atoms with Crippen LogP contribution < -0.4 is 5.32 Å². The molecular formula is C17H19ClIN. The zero-order valence-corrected chi connectivity index (χ0v) is 14.9. The molecule has 1 atom stereocenters. The third kappa shape index (κ3) is 3.54. The van der Waals surface area contributed by atoms with Crippen molar-refractivity contribution in [3.05, 3.63) is 67.2 Å². The smallest absolute Gasteiger partial charge is 0.0591 e. The van der Waals surface area contributed by atoms with E-state index in [9.17, 15) is 0 Å². The quantitative estimate of drug-likeness (QED) is 0.692. The Morgan fingerprint density at radius 1 is 1.10 bits per heavy atom. The van der Waals surface area contributed by atoms with Gasteiger partial charge in [0.15, 0.2) is 0 Å². The Hall–Kier alpha value is -0.580. The third-order valence-electron chi connectivity index (χ3n) is 3.54. The van der Waals surface area contributed by atoms with Crippen LogP contribution in [0.15, 0.2) is 36.4 Å². The van der Waals surface area contributed by atoms with Crippen LogP contribution in [0.2, 0.25) is 5.02 Å². The average molecular weight is 400 g/mol. The van der Waals surface area contributed by atoms with Gasteiger partial charge in [-0.25, -0.2) is 0 Å². The van der Waals surface area contributed by atoms with E-state index in [1.807, 2.05) is 0 Å². The molecule has 0 aliphatic heterocycles. The summed E-state index contributed by atoms with van der Waals surface area (Å²) in [5, 5.41) is 4.37. The van der Waals surface area contributed by atoms with Crippen LogP contribution in [0.4, 0.5) is 0 Å². The van der Waals surface area contributed by atoms with Gasteiger partial charge in [0.2, 0.25) is 0 Å². The van der Waals surface area contributed by atoms with E-state index in [-0.39, 0.29) is 6.04 Å². The number of benzene rings is 2. The van der Waals surface area contributed by atoms with Gasteiger partial charge in [-0.1, -0.05) is 36.7 Å². The van der Waals surface area contributed by atoms with Crippen molar-refractivity contribution in [3.8, 4) is 0 Å². The lowest BCUT2D eigenvalue weighted by atomic mass is 9.95. The molecular weight excluding hydrogens is 381 g/mol. The molecule has 1 N–H and O–H groups in total. The second-order valence-electron chi connectivity index (χ2n) is 5.00. The summed E-state index contributed by atoms with van der Waals surface area (Å²) in [4.78, 5) is 0. The van der Waals surface area contributed by atoms with Gasteiger partial charge in [-0.05, 0) is 83.4 Å². The summed E-state index contributed by atoms with van der Waals surface area (Å²) in [7, 11) is 0.